The highest BCUT2D eigenvalue weighted by molar-refractivity contribution is 7.85. The summed E-state index contributed by atoms with van der Waals surface area (Å²) in [5, 5.41) is 0. The summed E-state index contributed by atoms with van der Waals surface area (Å²) in [5.41, 5.74) is 0.413. The minimum Gasteiger partial charge on any atom is -0.459 e. The van der Waals surface area contributed by atoms with Crippen LogP contribution < -0.4 is 4.74 Å². The second-order valence-electron chi connectivity index (χ2n) is 3.92. The van der Waals surface area contributed by atoms with Gasteiger partial charge in [-0.15, -0.1) is 0 Å². The van der Waals surface area contributed by atoms with Gasteiger partial charge in [0.1, 0.15) is 11.5 Å². The Morgan fingerprint density at radius 3 is 2.00 bits per heavy atom. The van der Waals surface area contributed by atoms with E-state index in [0.717, 1.165) is 0 Å². The molecular formula is C14H8N2O4S. The van der Waals surface area contributed by atoms with Gasteiger partial charge in [0.2, 0.25) is 0 Å². The van der Waals surface area contributed by atoms with Crippen LogP contribution in [0.5, 0.6) is 11.5 Å². The Kier molecular flexibility index (Phi) is 3.90. The van der Waals surface area contributed by atoms with E-state index in [1.807, 2.05) is 0 Å². The summed E-state index contributed by atoms with van der Waals surface area (Å²) < 4.78 is 36.2. The van der Waals surface area contributed by atoms with Crippen LogP contribution >= 0.6 is 0 Å². The van der Waals surface area contributed by atoms with Gasteiger partial charge in [0.05, 0.1) is 18.0 Å². The van der Waals surface area contributed by atoms with E-state index in [1.54, 1.807) is 6.07 Å². The Balaban J connectivity index is 2.27. The van der Waals surface area contributed by atoms with Crippen LogP contribution in [0.15, 0.2) is 47.4 Å². The van der Waals surface area contributed by atoms with Crippen molar-refractivity contribution in [1.29, 1.82) is 0 Å². The van der Waals surface area contributed by atoms with Gasteiger partial charge in [0.15, 0.2) is 11.4 Å². The molecule has 2 rings (SSSR count). The van der Waals surface area contributed by atoms with Crippen LogP contribution in [0.2, 0.25) is 0 Å². The van der Waals surface area contributed by atoms with Crippen LogP contribution in [0.3, 0.4) is 0 Å². The van der Waals surface area contributed by atoms with E-state index in [0.29, 0.717) is 11.5 Å². The molecule has 0 heterocycles. The topological polar surface area (TPSA) is 72.3 Å². The maximum Gasteiger partial charge on any atom is 0.294 e. The lowest BCUT2D eigenvalue weighted by Gasteiger charge is -2.07. The van der Waals surface area contributed by atoms with Crippen molar-refractivity contribution in [2.45, 2.75) is 4.90 Å². The van der Waals surface area contributed by atoms with Crippen molar-refractivity contribution in [1.82, 2.24) is 0 Å². The van der Waals surface area contributed by atoms with Gasteiger partial charge in [-0.3, -0.25) is 9.40 Å². The van der Waals surface area contributed by atoms with E-state index in [1.165, 1.54) is 36.4 Å². The summed E-state index contributed by atoms with van der Waals surface area (Å²) in [6.07, 6.45) is 0. The predicted molar refractivity (Wildman–Crippen MR) is 75.3 cm³/mol. The quantitative estimate of drug-likeness (QED) is 0.690. The Labute approximate surface area is 121 Å². The standard InChI is InChI=1S/C14H8N2O4S/c1-15-13-8-5-11(9-14(13)16-2)20-10-3-6-12(7-4-10)21(17,18)19/h3-9H,(H,17,18,19). The lowest BCUT2D eigenvalue weighted by molar-refractivity contribution is 0.478. The van der Waals surface area contributed by atoms with Crippen molar-refractivity contribution in [3.63, 3.8) is 0 Å². The first-order valence-corrected chi connectivity index (χ1v) is 7.02. The Morgan fingerprint density at radius 1 is 0.905 bits per heavy atom. The SMILES string of the molecule is [C-]#[N+]c1ccc(Oc2ccc(S(=O)(=O)O)cc2)cc1[N+]#[C-]. The largest absolute Gasteiger partial charge is 0.459 e. The molecule has 104 valence electrons. The molecule has 1 N–H and O–H groups in total. The zero-order chi connectivity index (χ0) is 15.5. The van der Waals surface area contributed by atoms with Crippen LogP contribution in [0, 0.1) is 13.1 Å². The van der Waals surface area contributed by atoms with Crippen LogP contribution in [-0.4, -0.2) is 13.0 Å². The average Bonchev–Trinajstić information content (AvgIpc) is 2.46. The number of hydrogen-bond acceptors (Lipinski definition) is 3. The second kappa shape index (κ2) is 5.63. The number of ether oxygens (including phenoxy) is 1. The number of benzene rings is 2. The molecule has 21 heavy (non-hydrogen) atoms. The lowest BCUT2D eigenvalue weighted by atomic mass is 10.2. The summed E-state index contributed by atoms with van der Waals surface area (Å²) >= 11 is 0. The Morgan fingerprint density at radius 2 is 1.48 bits per heavy atom. The number of hydrogen-bond donors (Lipinski definition) is 1. The zero-order valence-corrected chi connectivity index (χ0v) is 11.3. The average molecular weight is 300 g/mol. The molecular weight excluding hydrogens is 292 g/mol. The fourth-order valence-corrected chi connectivity index (χ4v) is 2.05. The summed E-state index contributed by atoms with van der Waals surface area (Å²) in [6.45, 7) is 13.9. The van der Waals surface area contributed by atoms with Crippen molar-refractivity contribution >= 4 is 21.5 Å². The molecule has 0 unspecified atom stereocenters. The maximum atomic E-state index is 10.9. The predicted octanol–water partition coefficient (Wildman–Crippen LogP) is 3.83. The van der Waals surface area contributed by atoms with Gasteiger partial charge in [-0.05, 0) is 36.4 Å². The Bertz CT molecular complexity index is 859. The van der Waals surface area contributed by atoms with E-state index in [2.05, 4.69) is 9.69 Å². The van der Waals surface area contributed by atoms with Gasteiger partial charge in [0, 0.05) is 0 Å². The van der Waals surface area contributed by atoms with E-state index >= 15 is 0 Å². The molecule has 0 atom stereocenters. The molecule has 2 aromatic carbocycles. The third-order valence-electron chi connectivity index (χ3n) is 2.55. The molecule has 0 spiro atoms. The lowest BCUT2D eigenvalue weighted by Crippen LogP contribution is -1.97. The third-order valence-corrected chi connectivity index (χ3v) is 3.41. The molecule has 0 aliphatic rings. The molecule has 0 radical (unpaired) electrons. The fourth-order valence-electron chi connectivity index (χ4n) is 1.57. The normalized spacial score (nSPS) is 10.4. The molecule has 0 aromatic heterocycles. The molecule has 0 fully saturated rings. The van der Waals surface area contributed by atoms with Gasteiger partial charge in [-0.2, -0.15) is 8.42 Å². The smallest absolute Gasteiger partial charge is 0.294 e. The van der Waals surface area contributed by atoms with Crippen LogP contribution in [0.25, 0.3) is 9.69 Å². The molecule has 0 aliphatic heterocycles. The molecule has 0 saturated carbocycles. The van der Waals surface area contributed by atoms with E-state index in [9.17, 15) is 8.42 Å². The van der Waals surface area contributed by atoms with Gasteiger partial charge >= 0.3 is 0 Å². The van der Waals surface area contributed by atoms with Crippen molar-refractivity contribution in [2.75, 3.05) is 0 Å². The molecule has 0 amide bonds. The van der Waals surface area contributed by atoms with Crippen LogP contribution in [0.4, 0.5) is 11.4 Å². The summed E-state index contributed by atoms with van der Waals surface area (Å²) in [7, 11) is -4.24. The first kappa shape index (κ1) is 14.5. The van der Waals surface area contributed by atoms with Crippen molar-refractivity contribution in [3.05, 3.63) is 65.3 Å². The summed E-state index contributed by atoms with van der Waals surface area (Å²) in [4.78, 5) is 6.21. The van der Waals surface area contributed by atoms with Crippen LogP contribution in [-0.2, 0) is 10.1 Å². The summed E-state index contributed by atoms with van der Waals surface area (Å²) in [5.74, 6) is 0.696. The molecule has 7 heteroatoms. The van der Waals surface area contributed by atoms with E-state index < -0.39 is 10.1 Å². The fraction of sp³-hybridized carbons (Fsp3) is 0. The van der Waals surface area contributed by atoms with Gasteiger partial charge in [0.25, 0.3) is 10.1 Å². The maximum absolute atomic E-state index is 10.9. The number of rotatable bonds is 3. The highest BCUT2D eigenvalue weighted by Crippen LogP contribution is 2.34. The molecule has 0 bridgehead atoms. The first-order chi connectivity index (χ1) is 9.94. The number of nitrogens with zero attached hydrogens (tertiary/aromatic N) is 2. The van der Waals surface area contributed by atoms with E-state index in [4.69, 9.17) is 22.4 Å². The monoisotopic (exact) mass is 300 g/mol. The third kappa shape index (κ3) is 3.37. The molecule has 2 aromatic rings. The molecule has 6 nitrogen and oxygen atoms in total. The van der Waals surface area contributed by atoms with E-state index in [-0.39, 0.29) is 16.3 Å². The van der Waals surface area contributed by atoms with Gasteiger partial charge < -0.3 is 4.74 Å². The van der Waals surface area contributed by atoms with Gasteiger partial charge in [-0.1, -0.05) is 6.07 Å². The zero-order valence-electron chi connectivity index (χ0n) is 10.5. The van der Waals surface area contributed by atoms with Crippen molar-refractivity contribution in [3.8, 4) is 11.5 Å². The first-order valence-electron chi connectivity index (χ1n) is 5.58. The van der Waals surface area contributed by atoms with Crippen LogP contribution in [0.1, 0.15) is 0 Å². The second-order valence-corrected chi connectivity index (χ2v) is 5.34. The van der Waals surface area contributed by atoms with Gasteiger partial charge in [-0.25, -0.2) is 4.85 Å². The Hall–Kier alpha value is -2.87. The molecule has 0 saturated heterocycles. The highest BCUT2D eigenvalue weighted by atomic mass is 32.2. The van der Waals surface area contributed by atoms with Crippen molar-refractivity contribution in [2.24, 2.45) is 0 Å². The summed E-state index contributed by atoms with van der Waals surface area (Å²) in [6, 6.07) is 9.60. The minimum absolute atomic E-state index is 0.178. The highest BCUT2D eigenvalue weighted by Gasteiger charge is 2.09. The minimum atomic E-state index is -4.24. The van der Waals surface area contributed by atoms with Crippen molar-refractivity contribution < 1.29 is 17.7 Å². The molecule has 0 aliphatic carbocycles.